The third-order valence-corrected chi connectivity index (χ3v) is 6.22. The molecule has 0 bridgehead atoms. The summed E-state index contributed by atoms with van der Waals surface area (Å²) in [5.74, 6) is 1.76. The lowest BCUT2D eigenvalue weighted by molar-refractivity contribution is -0.113. The second-order valence-electron chi connectivity index (χ2n) is 7.39. The average molecular weight is 495 g/mol. The number of nitrogens with zero attached hydrogens (tertiary/aromatic N) is 3. The number of hydrogen-bond donors (Lipinski definition) is 1. The zero-order valence-corrected chi connectivity index (χ0v) is 20.5. The molecule has 0 fully saturated rings. The number of benzene rings is 3. The van der Waals surface area contributed by atoms with Gasteiger partial charge in [0.05, 0.1) is 25.7 Å². The summed E-state index contributed by atoms with van der Waals surface area (Å²) in [5.41, 5.74) is 3.45. The van der Waals surface area contributed by atoms with Crippen LogP contribution in [-0.4, -0.2) is 40.6 Å². The van der Waals surface area contributed by atoms with Crippen LogP contribution < -0.4 is 14.8 Å². The van der Waals surface area contributed by atoms with Gasteiger partial charge in [-0.3, -0.25) is 9.36 Å². The Morgan fingerprint density at radius 3 is 2.41 bits per heavy atom. The number of hydrogen-bond acceptors (Lipinski definition) is 6. The van der Waals surface area contributed by atoms with E-state index < -0.39 is 0 Å². The summed E-state index contributed by atoms with van der Waals surface area (Å²) in [6.45, 7) is 2.03. The lowest BCUT2D eigenvalue weighted by Gasteiger charge is -2.12. The van der Waals surface area contributed by atoms with E-state index in [0.29, 0.717) is 33.2 Å². The van der Waals surface area contributed by atoms with Crippen molar-refractivity contribution in [2.75, 3.05) is 25.3 Å². The molecule has 7 nitrogen and oxygen atoms in total. The van der Waals surface area contributed by atoms with Crippen LogP contribution in [-0.2, 0) is 4.79 Å². The van der Waals surface area contributed by atoms with Gasteiger partial charge in [-0.1, -0.05) is 41.1 Å². The maximum Gasteiger partial charge on any atom is 0.234 e. The summed E-state index contributed by atoms with van der Waals surface area (Å²) in [4.78, 5) is 12.8. The molecule has 0 spiro atoms. The highest BCUT2D eigenvalue weighted by atomic mass is 35.5. The number of halogens is 1. The summed E-state index contributed by atoms with van der Waals surface area (Å²) in [6, 6.07) is 20.7. The molecule has 1 heterocycles. The predicted octanol–water partition coefficient (Wildman–Crippen LogP) is 5.64. The molecule has 1 aromatic heterocycles. The van der Waals surface area contributed by atoms with Gasteiger partial charge in [-0.15, -0.1) is 10.2 Å². The van der Waals surface area contributed by atoms with Crippen LogP contribution in [0.25, 0.3) is 17.1 Å². The summed E-state index contributed by atoms with van der Waals surface area (Å²) >= 11 is 7.36. The normalized spacial score (nSPS) is 10.7. The van der Waals surface area contributed by atoms with Gasteiger partial charge in [0.15, 0.2) is 11.0 Å². The number of methoxy groups -OCH3 is 2. The van der Waals surface area contributed by atoms with Crippen molar-refractivity contribution in [1.82, 2.24) is 14.8 Å². The molecular weight excluding hydrogens is 472 g/mol. The smallest absolute Gasteiger partial charge is 0.234 e. The zero-order chi connectivity index (χ0) is 24.1. The molecule has 4 aromatic rings. The van der Waals surface area contributed by atoms with Gasteiger partial charge in [0.1, 0.15) is 11.5 Å². The first kappa shape index (κ1) is 23.7. The Morgan fingerprint density at radius 1 is 1.00 bits per heavy atom. The van der Waals surface area contributed by atoms with Crippen molar-refractivity contribution in [2.45, 2.75) is 12.1 Å². The Hall–Kier alpha value is -3.49. The second-order valence-corrected chi connectivity index (χ2v) is 8.77. The lowest BCUT2D eigenvalue weighted by Crippen LogP contribution is -2.15. The van der Waals surface area contributed by atoms with Crippen molar-refractivity contribution in [3.8, 4) is 28.6 Å². The fraction of sp³-hybridized carbons (Fsp3) is 0.160. The van der Waals surface area contributed by atoms with Crippen LogP contribution in [0.1, 0.15) is 5.56 Å². The topological polar surface area (TPSA) is 78.3 Å². The largest absolute Gasteiger partial charge is 0.497 e. The third kappa shape index (κ3) is 5.35. The highest BCUT2D eigenvalue weighted by Gasteiger charge is 2.18. The van der Waals surface area contributed by atoms with Gasteiger partial charge < -0.3 is 14.8 Å². The number of amides is 1. The Labute approximate surface area is 207 Å². The molecule has 0 saturated carbocycles. The van der Waals surface area contributed by atoms with Gasteiger partial charge in [-0.2, -0.15) is 0 Å². The lowest BCUT2D eigenvalue weighted by atomic mass is 10.2. The molecule has 0 atom stereocenters. The number of thioether (sulfide) groups is 1. The fourth-order valence-corrected chi connectivity index (χ4v) is 4.18. The van der Waals surface area contributed by atoms with Gasteiger partial charge in [0.25, 0.3) is 0 Å². The Bertz CT molecular complexity index is 1290. The van der Waals surface area contributed by atoms with Gasteiger partial charge in [0.2, 0.25) is 5.91 Å². The summed E-state index contributed by atoms with van der Waals surface area (Å²) < 4.78 is 12.5. The minimum atomic E-state index is -0.206. The monoisotopic (exact) mass is 494 g/mol. The SMILES string of the molecule is COc1ccc(OC)c(NC(=O)CSc2nnc(-c3ccc(Cl)cc3)n2-c2ccc(C)cc2)c1. The molecule has 1 N–H and O–H groups in total. The summed E-state index contributed by atoms with van der Waals surface area (Å²) in [7, 11) is 3.12. The highest BCUT2D eigenvalue weighted by molar-refractivity contribution is 7.99. The van der Waals surface area contributed by atoms with E-state index in [4.69, 9.17) is 21.1 Å². The number of aromatic nitrogens is 3. The number of rotatable bonds is 8. The van der Waals surface area contributed by atoms with Crippen LogP contribution in [0.3, 0.4) is 0 Å². The van der Waals surface area contributed by atoms with E-state index in [2.05, 4.69) is 15.5 Å². The van der Waals surface area contributed by atoms with Crippen LogP contribution in [0, 0.1) is 6.92 Å². The zero-order valence-electron chi connectivity index (χ0n) is 18.9. The van der Waals surface area contributed by atoms with E-state index in [9.17, 15) is 4.79 Å². The Balaban J connectivity index is 1.59. The van der Waals surface area contributed by atoms with Crippen LogP contribution in [0.15, 0.2) is 71.9 Å². The van der Waals surface area contributed by atoms with Gasteiger partial charge >= 0.3 is 0 Å². The molecule has 174 valence electrons. The van der Waals surface area contributed by atoms with E-state index in [1.165, 1.54) is 11.8 Å². The van der Waals surface area contributed by atoms with Crippen molar-refractivity contribution >= 4 is 35.0 Å². The number of anilines is 1. The Morgan fingerprint density at radius 2 is 1.74 bits per heavy atom. The van der Waals surface area contributed by atoms with Gasteiger partial charge in [0, 0.05) is 22.3 Å². The molecule has 0 aliphatic heterocycles. The van der Waals surface area contributed by atoms with E-state index >= 15 is 0 Å². The van der Waals surface area contributed by atoms with E-state index in [-0.39, 0.29) is 11.7 Å². The number of ether oxygens (including phenoxy) is 2. The predicted molar refractivity (Wildman–Crippen MR) is 135 cm³/mol. The molecular formula is C25H23ClN4O3S. The molecule has 4 rings (SSSR count). The number of carbonyl (C=O) groups excluding carboxylic acids is 1. The quantitative estimate of drug-likeness (QED) is 0.319. The highest BCUT2D eigenvalue weighted by Crippen LogP contribution is 2.31. The standard InChI is InChI=1S/C25H23ClN4O3S/c1-16-4-10-19(11-5-16)30-24(17-6-8-18(26)9-7-17)28-29-25(30)34-15-23(31)27-21-14-20(32-2)12-13-22(21)33-3/h4-14H,15H2,1-3H3,(H,27,31). The fourth-order valence-electron chi connectivity index (χ4n) is 3.30. The van der Waals surface area contributed by atoms with E-state index in [1.54, 1.807) is 32.4 Å². The molecule has 0 unspecified atom stereocenters. The summed E-state index contributed by atoms with van der Waals surface area (Å²) in [5, 5.41) is 12.9. The van der Waals surface area contributed by atoms with E-state index in [0.717, 1.165) is 16.8 Å². The van der Waals surface area contributed by atoms with Crippen LogP contribution >= 0.6 is 23.4 Å². The molecule has 9 heteroatoms. The number of carbonyl (C=O) groups is 1. The van der Waals surface area contributed by atoms with Gasteiger partial charge in [-0.25, -0.2) is 0 Å². The van der Waals surface area contributed by atoms with E-state index in [1.807, 2.05) is 60.0 Å². The average Bonchev–Trinajstić information content (AvgIpc) is 3.27. The minimum absolute atomic E-state index is 0.130. The van der Waals surface area contributed by atoms with Crippen LogP contribution in [0.4, 0.5) is 5.69 Å². The molecule has 0 saturated heterocycles. The van der Waals surface area contributed by atoms with Crippen molar-refractivity contribution < 1.29 is 14.3 Å². The summed E-state index contributed by atoms with van der Waals surface area (Å²) in [6.07, 6.45) is 0. The number of nitrogens with one attached hydrogen (secondary N) is 1. The molecule has 3 aromatic carbocycles. The third-order valence-electron chi connectivity index (χ3n) is 5.04. The maximum absolute atomic E-state index is 12.8. The molecule has 0 aliphatic carbocycles. The first-order valence-electron chi connectivity index (χ1n) is 10.4. The molecule has 0 radical (unpaired) electrons. The van der Waals surface area contributed by atoms with Crippen molar-refractivity contribution in [3.63, 3.8) is 0 Å². The molecule has 0 aliphatic rings. The van der Waals surface area contributed by atoms with Gasteiger partial charge in [-0.05, 0) is 55.5 Å². The first-order valence-corrected chi connectivity index (χ1v) is 11.8. The van der Waals surface area contributed by atoms with Crippen molar-refractivity contribution in [2.24, 2.45) is 0 Å². The number of aryl methyl sites for hydroxylation is 1. The molecule has 1 amide bonds. The van der Waals surface area contributed by atoms with Crippen LogP contribution in [0.2, 0.25) is 5.02 Å². The second kappa shape index (κ2) is 10.6. The Kier molecular flexibility index (Phi) is 7.40. The maximum atomic E-state index is 12.8. The van der Waals surface area contributed by atoms with Crippen LogP contribution in [0.5, 0.6) is 11.5 Å². The molecule has 34 heavy (non-hydrogen) atoms. The van der Waals surface area contributed by atoms with Crippen molar-refractivity contribution in [1.29, 1.82) is 0 Å². The minimum Gasteiger partial charge on any atom is -0.497 e. The first-order chi connectivity index (χ1) is 16.5. The van der Waals surface area contributed by atoms with Crippen molar-refractivity contribution in [3.05, 3.63) is 77.3 Å².